The predicted molar refractivity (Wildman–Crippen MR) is 75.3 cm³/mol. The van der Waals surface area contributed by atoms with Crippen LogP contribution in [0, 0.1) is 6.92 Å². The Bertz CT molecular complexity index is 560. The maximum Gasteiger partial charge on any atom is 0.241 e. The van der Waals surface area contributed by atoms with E-state index in [1.807, 2.05) is 0 Å². The lowest BCUT2D eigenvalue weighted by Crippen LogP contribution is -2.44. The van der Waals surface area contributed by atoms with Gasteiger partial charge in [-0.25, -0.2) is 13.1 Å². The van der Waals surface area contributed by atoms with Gasteiger partial charge in [-0.3, -0.25) is 0 Å². The van der Waals surface area contributed by atoms with Gasteiger partial charge in [-0.2, -0.15) is 0 Å². The van der Waals surface area contributed by atoms with Crippen LogP contribution in [0.1, 0.15) is 16.2 Å². The highest BCUT2D eigenvalue weighted by Crippen LogP contribution is 2.27. The second-order valence-electron chi connectivity index (χ2n) is 4.81. The summed E-state index contributed by atoms with van der Waals surface area (Å²) in [4.78, 5) is 1.51. The molecule has 1 atom stereocenters. The average Bonchev–Trinajstić information content (AvgIpc) is 3.04. The van der Waals surface area contributed by atoms with Crippen molar-refractivity contribution in [3.05, 3.63) is 15.8 Å². The van der Waals surface area contributed by atoms with E-state index in [2.05, 4.69) is 4.72 Å². The van der Waals surface area contributed by atoms with Gasteiger partial charge in [0, 0.05) is 36.4 Å². The van der Waals surface area contributed by atoms with Gasteiger partial charge in [0.1, 0.15) is 5.60 Å². The minimum Gasteiger partial charge on any atom is -0.391 e. The summed E-state index contributed by atoms with van der Waals surface area (Å²) in [6.45, 7) is 2.70. The van der Waals surface area contributed by atoms with Crippen molar-refractivity contribution in [3.8, 4) is 0 Å². The van der Waals surface area contributed by atoms with Crippen LogP contribution in [0.5, 0.6) is 0 Å². The fraction of sp³-hybridized carbons (Fsp3) is 0.667. The topological polar surface area (TPSA) is 84.9 Å². The summed E-state index contributed by atoms with van der Waals surface area (Å²) in [5, 5.41) is 9.08. The number of thiophene rings is 1. The van der Waals surface area contributed by atoms with Crippen LogP contribution >= 0.6 is 11.3 Å². The molecule has 1 unspecified atom stereocenters. The molecule has 0 aliphatic carbocycles. The van der Waals surface area contributed by atoms with E-state index >= 15 is 0 Å². The van der Waals surface area contributed by atoms with Crippen molar-refractivity contribution < 1.29 is 23.0 Å². The Morgan fingerprint density at radius 3 is 2.85 bits per heavy atom. The molecule has 1 aromatic rings. The third-order valence-electron chi connectivity index (χ3n) is 3.45. The van der Waals surface area contributed by atoms with Crippen LogP contribution in [0.3, 0.4) is 0 Å². The first-order valence-corrected chi connectivity index (χ1v) is 8.55. The number of sulfonamides is 1. The fourth-order valence-electron chi connectivity index (χ4n) is 2.13. The van der Waals surface area contributed by atoms with Crippen molar-refractivity contribution in [2.45, 2.75) is 30.4 Å². The highest BCUT2D eigenvalue weighted by atomic mass is 32.2. The molecule has 0 aromatic carbocycles. The molecular weight excluding hydrogens is 302 g/mol. The second-order valence-corrected chi connectivity index (χ2v) is 7.88. The van der Waals surface area contributed by atoms with Gasteiger partial charge < -0.3 is 14.6 Å². The Morgan fingerprint density at radius 2 is 2.35 bits per heavy atom. The molecule has 1 saturated heterocycles. The van der Waals surface area contributed by atoms with Gasteiger partial charge in [-0.1, -0.05) is 0 Å². The molecule has 1 aliphatic rings. The zero-order chi connectivity index (χ0) is 14.8. The van der Waals surface area contributed by atoms with E-state index in [-0.39, 0.29) is 18.0 Å². The highest BCUT2D eigenvalue weighted by molar-refractivity contribution is 7.89. The minimum absolute atomic E-state index is 0.156. The Morgan fingerprint density at radius 1 is 1.60 bits per heavy atom. The third-order valence-corrected chi connectivity index (χ3v) is 6.15. The molecule has 0 spiro atoms. The van der Waals surface area contributed by atoms with Crippen molar-refractivity contribution in [2.75, 3.05) is 26.9 Å². The van der Waals surface area contributed by atoms with E-state index in [1.54, 1.807) is 14.0 Å². The predicted octanol–water partition coefficient (Wildman–Crippen LogP) is 0.633. The lowest BCUT2D eigenvalue weighted by Gasteiger charge is -2.25. The molecule has 2 rings (SSSR count). The molecule has 1 fully saturated rings. The monoisotopic (exact) mass is 321 g/mol. The SMILES string of the molecule is COC1(CNS(=O)(=O)c2cc(CO)sc2C)CCOC1. The Balaban J connectivity index is 2.12. The molecule has 0 saturated carbocycles. The summed E-state index contributed by atoms with van der Waals surface area (Å²) in [7, 11) is -2.04. The molecule has 2 heterocycles. The summed E-state index contributed by atoms with van der Waals surface area (Å²) in [5.74, 6) is 0. The molecule has 1 aromatic heterocycles. The molecule has 0 radical (unpaired) electrons. The van der Waals surface area contributed by atoms with Crippen molar-refractivity contribution in [3.63, 3.8) is 0 Å². The molecule has 2 N–H and O–H groups in total. The summed E-state index contributed by atoms with van der Waals surface area (Å²) in [5.41, 5.74) is -0.587. The number of ether oxygens (including phenoxy) is 2. The normalized spacial score (nSPS) is 23.4. The number of aliphatic hydroxyl groups is 1. The van der Waals surface area contributed by atoms with E-state index in [0.717, 1.165) is 0 Å². The molecular formula is C12H19NO5S2. The first-order chi connectivity index (χ1) is 9.42. The quantitative estimate of drug-likeness (QED) is 0.803. The van der Waals surface area contributed by atoms with Gasteiger partial charge in [0.2, 0.25) is 10.0 Å². The molecule has 6 nitrogen and oxygen atoms in total. The van der Waals surface area contributed by atoms with Gasteiger partial charge in [0.05, 0.1) is 18.1 Å². The lowest BCUT2D eigenvalue weighted by atomic mass is 10.0. The third kappa shape index (κ3) is 3.21. The molecule has 1 aliphatic heterocycles. The van der Waals surface area contributed by atoms with E-state index < -0.39 is 15.6 Å². The molecule has 114 valence electrons. The number of nitrogens with one attached hydrogen (secondary N) is 1. The molecule has 0 amide bonds. The Kier molecular flexibility index (Phi) is 4.83. The smallest absolute Gasteiger partial charge is 0.241 e. The number of rotatable bonds is 6. The van der Waals surface area contributed by atoms with Crippen LogP contribution in [0.4, 0.5) is 0 Å². The van der Waals surface area contributed by atoms with Gasteiger partial charge >= 0.3 is 0 Å². The summed E-state index contributed by atoms with van der Waals surface area (Å²) < 4.78 is 37.9. The van der Waals surface area contributed by atoms with Crippen LogP contribution in [-0.2, 0) is 26.1 Å². The number of methoxy groups -OCH3 is 1. The van der Waals surface area contributed by atoms with Crippen molar-refractivity contribution in [1.82, 2.24) is 4.72 Å². The van der Waals surface area contributed by atoms with Gasteiger partial charge in [-0.05, 0) is 13.0 Å². The minimum atomic E-state index is -3.60. The fourth-order valence-corrected chi connectivity index (χ4v) is 4.74. The zero-order valence-corrected chi connectivity index (χ0v) is 13.1. The van der Waals surface area contributed by atoms with Crippen molar-refractivity contribution in [1.29, 1.82) is 0 Å². The number of aryl methyl sites for hydroxylation is 1. The second kappa shape index (κ2) is 6.08. The number of hydrogen-bond acceptors (Lipinski definition) is 6. The lowest BCUT2D eigenvalue weighted by molar-refractivity contribution is -0.0120. The van der Waals surface area contributed by atoms with E-state index in [0.29, 0.717) is 29.4 Å². The number of aliphatic hydroxyl groups excluding tert-OH is 1. The largest absolute Gasteiger partial charge is 0.391 e. The zero-order valence-electron chi connectivity index (χ0n) is 11.5. The molecule has 0 bridgehead atoms. The van der Waals surface area contributed by atoms with Crippen LogP contribution in [0.25, 0.3) is 0 Å². The first kappa shape index (κ1) is 15.9. The Labute approximate surface area is 122 Å². The van der Waals surface area contributed by atoms with Crippen LogP contribution in [0.15, 0.2) is 11.0 Å². The van der Waals surface area contributed by atoms with E-state index in [1.165, 1.54) is 17.4 Å². The maximum absolute atomic E-state index is 12.3. The summed E-state index contributed by atoms with van der Waals surface area (Å²) in [6, 6.07) is 1.51. The van der Waals surface area contributed by atoms with Crippen LogP contribution in [-0.4, -0.2) is 46.0 Å². The van der Waals surface area contributed by atoms with E-state index in [4.69, 9.17) is 14.6 Å². The van der Waals surface area contributed by atoms with Gasteiger partial charge in [0.25, 0.3) is 0 Å². The van der Waals surface area contributed by atoms with E-state index in [9.17, 15) is 8.42 Å². The van der Waals surface area contributed by atoms with Gasteiger partial charge in [0.15, 0.2) is 0 Å². The summed E-state index contributed by atoms with van der Waals surface area (Å²) in [6.07, 6.45) is 0.663. The molecule has 8 heteroatoms. The number of hydrogen-bond donors (Lipinski definition) is 2. The average molecular weight is 321 g/mol. The van der Waals surface area contributed by atoms with Gasteiger partial charge in [-0.15, -0.1) is 11.3 Å². The Hall–Kier alpha value is -0.510. The maximum atomic E-state index is 12.3. The molecule has 20 heavy (non-hydrogen) atoms. The van der Waals surface area contributed by atoms with Crippen molar-refractivity contribution in [2.24, 2.45) is 0 Å². The van der Waals surface area contributed by atoms with Crippen molar-refractivity contribution >= 4 is 21.4 Å². The standard InChI is InChI=1S/C12H19NO5S2/c1-9-11(5-10(6-14)19-9)20(15,16)13-7-12(17-2)3-4-18-8-12/h5,13-14H,3-4,6-8H2,1-2H3. The summed E-state index contributed by atoms with van der Waals surface area (Å²) >= 11 is 1.28. The highest BCUT2D eigenvalue weighted by Gasteiger charge is 2.36. The first-order valence-electron chi connectivity index (χ1n) is 6.25. The van der Waals surface area contributed by atoms with Crippen LogP contribution in [0.2, 0.25) is 0 Å². The van der Waals surface area contributed by atoms with Crippen LogP contribution < -0.4 is 4.72 Å².